The molecule has 1 N–H and O–H groups in total. The Morgan fingerprint density at radius 1 is 1.15 bits per heavy atom. The number of aromatic nitrogens is 2. The summed E-state index contributed by atoms with van der Waals surface area (Å²) in [5.41, 5.74) is 1.42. The van der Waals surface area contributed by atoms with Crippen LogP contribution in [0.5, 0.6) is 0 Å². The van der Waals surface area contributed by atoms with Crippen molar-refractivity contribution in [2.45, 2.75) is 18.0 Å². The molecule has 1 aromatic carbocycles. The van der Waals surface area contributed by atoms with Crippen LogP contribution >= 0.6 is 34.4 Å². The summed E-state index contributed by atoms with van der Waals surface area (Å²) in [6.07, 6.45) is 0.753. The van der Waals surface area contributed by atoms with Crippen LogP contribution in [0.3, 0.4) is 0 Å². The zero-order valence-corrected chi connectivity index (χ0v) is 20.2. The Kier molecular flexibility index (Phi) is 7.58. The Hall–Kier alpha value is -2.95. The Labute approximate surface area is 202 Å². The third-order valence-electron chi connectivity index (χ3n) is 4.82. The molecule has 0 aliphatic rings. The Bertz CT molecular complexity index is 1310. The van der Waals surface area contributed by atoms with Crippen LogP contribution in [-0.2, 0) is 14.3 Å². The highest BCUT2D eigenvalue weighted by Gasteiger charge is 2.19. The number of ether oxygens (including phenoxy) is 1. The summed E-state index contributed by atoms with van der Waals surface area (Å²) in [7, 11) is 1.34. The first-order chi connectivity index (χ1) is 16.1. The van der Waals surface area contributed by atoms with Gasteiger partial charge in [0.1, 0.15) is 4.83 Å². The third kappa shape index (κ3) is 5.35. The molecule has 4 rings (SSSR count). The van der Waals surface area contributed by atoms with Gasteiger partial charge in [-0.25, -0.2) is 4.98 Å². The molecule has 33 heavy (non-hydrogen) atoms. The molecule has 0 radical (unpaired) electrons. The first kappa shape index (κ1) is 23.2. The summed E-state index contributed by atoms with van der Waals surface area (Å²) in [4.78, 5) is 43.6. The van der Waals surface area contributed by atoms with Crippen LogP contribution in [0, 0.1) is 0 Å². The second-order valence-corrected chi connectivity index (χ2v) is 9.74. The van der Waals surface area contributed by atoms with Crippen molar-refractivity contribution >= 4 is 56.5 Å². The van der Waals surface area contributed by atoms with Crippen LogP contribution in [0.4, 0.5) is 0 Å². The minimum Gasteiger partial charge on any atom is -0.469 e. The van der Waals surface area contributed by atoms with E-state index in [2.05, 4.69) is 10.1 Å². The molecule has 3 aromatic heterocycles. The third-order valence-corrected chi connectivity index (χ3v) is 7.53. The molecule has 0 fully saturated rings. The number of amides is 1. The number of hydrogen-bond acceptors (Lipinski definition) is 8. The molecule has 0 saturated carbocycles. The van der Waals surface area contributed by atoms with Gasteiger partial charge in [0.15, 0.2) is 5.16 Å². The standard InChI is InChI=1S/C23H21N3O4S3/c1-30-19(28)10-5-11-24-18(27)14-33-23-25-21-20(16(13-32-21)17-9-6-12-31-17)22(29)26(23)15-7-3-2-4-8-15/h2-4,6-9,12-13H,5,10-11,14H2,1H3,(H,24,27). The van der Waals surface area contributed by atoms with E-state index in [0.717, 1.165) is 10.4 Å². The summed E-state index contributed by atoms with van der Waals surface area (Å²) in [5.74, 6) is -0.392. The fourth-order valence-electron chi connectivity index (χ4n) is 3.23. The molecule has 0 spiro atoms. The predicted molar refractivity (Wildman–Crippen MR) is 134 cm³/mol. The first-order valence-electron chi connectivity index (χ1n) is 10.2. The van der Waals surface area contributed by atoms with Gasteiger partial charge >= 0.3 is 5.97 Å². The van der Waals surface area contributed by atoms with Crippen molar-refractivity contribution in [3.8, 4) is 16.1 Å². The number of carbonyl (C=O) groups excluding carboxylic acids is 2. The van der Waals surface area contributed by atoms with E-state index in [1.165, 1.54) is 30.2 Å². The SMILES string of the molecule is COC(=O)CCCNC(=O)CSc1nc2scc(-c3cccs3)c2c(=O)n1-c1ccccc1. The van der Waals surface area contributed by atoms with Gasteiger partial charge in [0.25, 0.3) is 5.56 Å². The maximum Gasteiger partial charge on any atom is 0.305 e. The van der Waals surface area contributed by atoms with Crippen molar-refractivity contribution in [1.82, 2.24) is 14.9 Å². The number of hydrogen-bond donors (Lipinski definition) is 1. The van der Waals surface area contributed by atoms with E-state index in [-0.39, 0.29) is 29.6 Å². The highest BCUT2D eigenvalue weighted by molar-refractivity contribution is 7.99. The largest absolute Gasteiger partial charge is 0.469 e. The highest BCUT2D eigenvalue weighted by Crippen LogP contribution is 2.35. The van der Waals surface area contributed by atoms with Crippen LogP contribution in [0.25, 0.3) is 26.3 Å². The second-order valence-electron chi connectivity index (χ2n) is 7.00. The molecule has 0 atom stereocenters. The van der Waals surface area contributed by atoms with Crippen LogP contribution in [-0.4, -0.2) is 40.8 Å². The lowest BCUT2D eigenvalue weighted by atomic mass is 10.2. The van der Waals surface area contributed by atoms with Gasteiger partial charge in [-0.05, 0) is 30.0 Å². The average molecular weight is 500 g/mol. The van der Waals surface area contributed by atoms with E-state index < -0.39 is 0 Å². The quantitative estimate of drug-likeness (QED) is 0.160. The Balaban J connectivity index is 1.60. The minimum absolute atomic E-state index is 0.103. The smallest absolute Gasteiger partial charge is 0.305 e. The molecule has 1 amide bonds. The summed E-state index contributed by atoms with van der Waals surface area (Å²) >= 11 is 4.22. The topological polar surface area (TPSA) is 90.3 Å². The molecule has 0 saturated heterocycles. The number of esters is 1. The van der Waals surface area contributed by atoms with E-state index in [9.17, 15) is 14.4 Å². The number of nitrogens with zero attached hydrogens (tertiary/aromatic N) is 2. The first-order valence-corrected chi connectivity index (χ1v) is 12.9. The Morgan fingerprint density at radius 2 is 1.97 bits per heavy atom. The summed E-state index contributed by atoms with van der Waals surface area (Å²) in [5, 5.41) is 7.78. The number of methoxy groups -OCH3 is 1. The van der Waals surface area contributed by atoms with E-state index >= 15 is 0 Å². The Morgan fingerprint density at radius 3 is 2.70 bits per heavy atom. The molecule has 0 aliphatic heterocycles. The zero-order valence-electron chi connectivity index (χ0n) is 17.8. The van der Waals surface area contributed by atoms with Crippen LogP contribution < -0.4 is 10.9 Å². The molecule has 170 valence electrons. The fourth-order valence-corrected chi connectivity index (χ4v) is 5.88. The zero-order chi connectivity index (χ0) is 23.2. The van der Waals surface area contributed by atoms with E-state index in [1.807, 2.05) is 53.2 Å². The van der Waals surface area contributed by atoms with E-state index in [1.54, 1.807) is 15.9 Å². The number of carbonyl (C=O) groups is 2. The lowest BCUT2D eigenvalue weighted by molar-refractivity contribution is -0.140. The molecular weight excluding hydrogens is 478 g/mol. The lowest BCUT2D eigenvalue weighted by Crippen LogP contribution is -2.27. The lowest BCUT2D eigenvalue weighted by Gasteiger charge is -2.12. The number of para-hydroxylation sites is 1. The summed E-state index contributed by atoms with van der Waals surface area (Å²) in [6, 6.07) is 13.3. The monoisotopic (exact) mass is 499 g/mol. The van der Waals surface area contributed by atoms with Crippen molar-refractivity contribution < 1.29 is 14.3 Å². The number of thioether (sulfide) groups is 1. The van der Waals surface area contributed by atoms with Gasteiger partial charge in [0, 0.05) is 28.8 Å². The molecule has 0 aliphatic carbocycles. The fraction of sp³-hybridized carbons (Fsp3) is 0.217. The molecule has 0 bridgehead atoms. The summed E-state index contributed by atoms with van der Waals surface area (Å²) in [6.45, 7) is 0.377. The highest BCUT2D eigenvalue weighted by atomic mass is 32.2. The number of benzene rings is 1. The molecular formula is C23H21N3O4S3. The van der Waals surface area contributed by atoms with E-state index in [0.29, 0.717) is 34.0 Å². The number of thiophene rings is 2. The van der Waals surface area contributed by atoms with Gasteiger partial charge in [-0.1, -0.05) is 36.0 Å². The molecule has 0 unspecified atom stereocenters. The maximum absolute atomic E-state index is 13.7. The van der Waals surface area contributed by atoms with E-state index in [4.69, 9.17) is 4.98 Å². The van der Waals surface area contributed by atoms with Gasteiger partial charge < -0.3 is 10.1 Å². The maximum atomic E-state index is 13.7. The van der Waals surface area contributed by atoms with Crippen molar-refractivity contribution in [3.63, 3.8) is 0 Å². The molecule has 3 heterocycles. The van der Waals surface area contributed by atoms with Crippen molar-refractivity contribution in [2.75, 3.05) is 19.4 Å². The van der Waals surface area contributed by atoms with Crippen LogP contribution in [0.2, 0.25) is 0 Å². The van der Waals surface area contributed by atoms with Gasteiger partial charge in [0.2, 0.25) is 5.91 Å². The van der Waals surface area contributed by atoms with Crippen LogP contribution in [0.15, 0.2) is 63.2 Å². The van der Waals surface area contributed by atoms with Crippen LogP contribution in [0.1, 0.15) is 12.8 Å². The van der Waals surface area contributed by atoms with Crippen molar-refractivity contribution in [3.05, 3.63) is 63.6 Å². The second kappa shape index (κ2) is 10.8. The number of nitrogens with one attached hydrogen (secondary N) is 1. The minimum atomic E-state index is -0.305. The molecule has 4 aromatic rings. The molecule has 10 heteroatoms. The predicted octanol–water partition coefficient (Wildman–Crippen LogP) is 4.34. The molecule has 7 nitrogen and oxygen atoms in total. The van der Waals surface area contributed by atoms with Gasteiger partial charge in [-0.3, -0.25) is 19.0 Å². The van der Waals surface area contributed by atoms with Gasteiger partial charge in [-0.2, -0.15) is 0 Å². The van der Waals surface area contributed by atoms with Gasteiger partial charge in [0.05, 0.1) is 23.9 Å². The average Bonchev–Trinajstić information content (AvgIpc) is 3.51. The van der Waals surface area contributed by atoms with Crippen molar-refractivity contribution in [1.29, 1.82) is 0 Å². The number of rotatable bonds is 9. The summed E-state index contributed by atoms with van der Waals surface area (Å²) < 4.78 is 6.17. The normalized spacial score (nSPS) is 10.9. The van der Waals surface area contributed by atoms with Gasteiger partial charge in [-0.15, -0.1) is 22.7 Å². The number of fused-ring (bicyclic) bond motifs is 1. The van der Waals surface area contributed by atoms with Crippen molar-refractivity contribution in [2.24, 2.45) is 0 Å².